The van der Waals surface area contributed by atoms with Gasteiger partial charge in [0.2, 0.25) is 0 Å². The summed E-state index contributed by atoms with van der Waals surface area (Å²) in [6.07, 6.45) is 4.58. The van der Waals surface area contributed by atoms with Gasteiger partial charge in [-0.1, -0.05) is 29.8 Å². The van der Waals surface area contributed by atoms with Crippen LogP contribution in [0.1, 0.15) is 33.6 Å². The van der Waals surface area contributed by atoms with E-state index in [0.717, 1.165) is 17.7 Å². The summed E-state index contributed by atoms with van der Waals surface area (Å²) in [6.45, 7) is 6.36. The molecule has 19 heavy (non-hydrogen) atoms. The first-order valence-corrected chi connectivity index (χ1v) is 8.08. The van der Waals surface area contributed by atoms with Crippen molar-refractivity contribution in [3.05, 3.63) is 42.0 Å². The summed E-state index contributed by atoms with van der Waals surface area (Å²) < 4.78 is 17.6. The molecule has 1 saturated heterocycles. The van der Waals surface area contributed by atoms with E-state index in [1.165, 1.54) is 5.57 Å². The minimum absolute atomic E-state index is 0.0765. The molecule has 2 rings (SSSR count). The van der Waals surface area contributed by atoms with Gasteiger partial charge in [-0.2, -0.15) is 0 Å². The molecule has 1 aromatic carbocycles. The Labute approximate surface area is 118 Å². The van der Waals surface area contributed by atoms with Crippen LogP contribution in [0.4, 0.5) is 0 Å². The molecular weight excluding hydrogens is 256 g/mol. The maximum Gasteiger partial charge on any atom is 0.0892 e. The molecule has 0 spiro atoms. The summed E-state index contributed by atoms with van der Waals surface area (Å²) in [5.41, 5.74) is 1.38. The van der Waals surface area contributed by atoms with E-state index in [-0.39, 0.29) is 5.60 Å². The Balaban J connectivity index is 1.77. The third-order valence-electron chi connectivity index (χ3n) is 3.55. The fourth-order valence-electron chi connectivity index (χ4n) is 2.09. The number of hydrogen-bond donors (Lipinski definition) is 0. The van der Waals surface area contributed by atoms with E-state index >= 15 is 0 Å². The fraction of sp³-hybridized carbons (Fsp3) is 0.500. The Bertz CT molecular complexity index is 477. The van der Waals surface area contributed by atoms with Crippen molar-refractivity contribution in [1.29, 1.82) is 0 Å². The van der Waals surface area contributed by atoms with Crippen molar-refractivity contribution in [2.75, 3.05) is 5.75 Å². The van der Waals surface area contributed by atoms with Gasteiger partial charge in [0.25, 0.3) is 0 Å². The fourth-order valence-corrected chi connectivity index (χ4v) is 3.18. The molecule has 1 aromatic rings. The lowest BCUT2D eigenvalue weighted by atomic mass is 10.0. The average Bonchev–Trinajstić information content (AvgIpc) is 3.02. The van der Waals surface area contributed by atoms with Crippen molar-refractivity contribution >= 4 is 10.8 Å². The van der Waals surface area contributed by atoms with Crippen LogP contribution in [-0.4, -0.2) is 21.7 Å². The van der Waals surface area contributed by atoms with Gasteiger partial charge in [-0.3, -0.25) is 4.21 Å². The van der Waals surface area contributed by atoms with Crippen LogP contribution in [0.15, 0.2) is 46.9 Å². The van der Waals surface area contributed by atoms with Crippen LogP contribution in [0.2, 0.25) is 0 Å². The van der Waals surface area contributed by atoms with Crippen molar-refractivity contribution < 1.29 is 8.95 Å². The zero-order chi connectivity index (χ0) is 13.9. The average molecular weight is 278 g/mol. The molecule has 2 unspecified atom stereocenters. The third kappa shape index (κ3) is 4.29. The minimum Gasteiger partial charge on any atom is -0.367 e. The predicted octanol–water partition coefficient (Wildman–Crippen LogP) is 3.70. The van der Waals surface area contributed by atoms with E-state index in [2.05, 4.69) is 26.8 Å². The molecule has 1 aliphatic heterocycles. The van der Waals surface area contributed by atoms with E-state index in [1.807, 2.05) is 30.3 Å². The maximum absolute atomic E-state index is 12.0. The summed E-state index contributed by atoms with van der Waals surface area (Å²) in [4.78, 5) is 0.901. The van der Waals surface area contributed by atoms with Crippen LogP contribution >= 0.6 is 0 Å². The number of hydrogen-bond acceptors (Lipinski definition) is 2. The SMILES string of the molecule is CC(=CCS(=O)c1ccccc1)CCC1OC1(C)C. The predicted molar refractivity (Wildman–Crippen MR) is 79.7 cm³/mol. The van der Waals surface area contributed by atoms with Crippen LogP contribution in [0.25, 0.3) is 0 Å². The molecule has 2 atom stereocenters. The topological polar surface area (TPSA) is 29.6 Å². The second-order valence-corrected chi connectivity index (χ2v) is 7.12. The lowest BCUT2D eigenvalue weighted by Gasteiger charge is -2.02. The number of allylic oxidation sites excluding steroid dienone is 1. The Kier molecular flexibility index (Phi) is 4.58. The van der Waals surface area contributed by atoms with Gasteiger partial charge < -0.3 is 4.74 Å². The van der Waals surface area contributed by atoms with Crippen LogP contribution < -0.4 is 0 Å². The molecule has 1 fully saturated rings. The molecule has 0 aromatic heterocycles. The Morgan fingerprint density at radius 2 is 2.00 bits per heavy atom. The highest BCUT2D eigenvalue weighted by molar-refractivity contribution is 7.85. The van der Waals surface area contributed by atoms with E-state index in [4.69, 9.17) is 4.74 Å². The molecule has 0 saturated carbocycles. The second-order valence-electron chi connectivity index (χ2n) is 5.62. The molecule has 0 aliphatic carbocycles. The van der Waals surface area contributed by atoms with E-state index < -0.39 is 10.8 Å². The van der Waals surface area contributed by atoms with Crippen molar-refractivity contribution in [3.8, 4) is 0 Å². The third-order valence-corrected chi connectivity index (χ3v) is 4.82. The molecule has 0 radical (unpaired) electrons. The number of rotatable bonds is 6. The van der Waals surface area contributed by atoms with Gasteiger partial charge in [0.05, 0.1) is 22.5 Å². The van der Waals surface area contributed by atoms with Crippen molar-refractivity contribution in [2.24, 2.45) is 0 Å². The van der Waals surface area contributed by atoms with Crippen LogP contribution in [0, 0.1) is 0 Å². The number of benzene rings is 1. The largest absolute Gasteiger partial charge is 0.367 e. The molecule has 3 heteroatoms. The summed E-state index contributed by atoms with van der Waals surface area (Å²) in [6, 6.07) is 9.63. The number of ether oxygens (including phenoxy) is 1. The summed E-state index contributed by atoms with van der Waals surface area (Å²) in [5, 5.41) is 0. The van der Waals surface area contributed by atoms with E-state index in [0.29, 0.717) is 11.9 Å². The van der Waals surface area contributed by atoms with E-state index in [1.54, 1.807) is 0 Å². The van der Waals surface area contributed by atoms with Crippen molar-refractivity contribution in [3.63, 3.8) is 0 Å². The molecule has 104 valence electrons. The van der Waals surface area contributed by atoms with Gasteiger partial charge in [0.15, 0.2) is 0 Å². The first-order chi connectivity index (χ1) is 8.99. The molecular formula is C16H22O2S. The van der Waals surface area contributed by atoms with Gasteiger partial charge in [-0.15, -0.1) is 0 Å². The Morgan fingerprint density at radius 3 is 2.58 bits per heavy atom. The Morgan fingerprint density at radius 1 is 1.37 bits per heavy atom. The summed E-state index contributed by atoms with van der Waals surface area (Å²) in [7, 11) is -0.926. The summed E-state index contributed by atoms with van der Waals surface area (Å²) >= 11 is 0. The van der Waals surface area contributed by atoms with Gasteiger partial charge in [0.1, 0.15) is 0 Å². The smallest absolute Gasteiger partial charge is 0.0892 e. The molecule has 2 nitrogen and oxygen atoms in total. The normalized spacial score (nSPS) is 23.1. The number of epoxide rings is 1. The molecule has 0 bridgehead atoms. The second kappa shape index (κ2) is 6.02. The monoisotopic (exact) mass is 278 g/mol. The maximum atomic E-state index is 12.0. The van der Waals surface area contributed by atoms with Gasteiger partial charge >= 0.3 is 0 Å². The van der Waals surface area contributed by atoms with E-state index in [9.17, 15) is 4.21 Å². The molecule has 1 aliphatic rings. The minimum atomic E-state index is -0.926. The quantitative estimate of drug-likeness (QED) is 0.586. The molecule has 0 amide bonds. The zero-order valence-corrected chi connectivity index (χ0v) is 12.7. The summed E-state index contributed by atoms with van der Waals surface area (Å²) in [5.74, 6) is 0.602. The van der Waals surface area contributed by atoms with Crippen molar-refractivity contribution in [2.45, 2.75) is 50.2 Å². The first-order valence-electron chi connectivity index (χ1n) is 6.76. The van der Waals surface area contributed by atoms with Crippen LogP contribution in [-0.2, 0) is 15.5 Å². The molecule has 1 heterocycles. The first kappa shape index (κ1) is 14.5. The zero-order valence-electron chi connectivity index (χ0n) is 11.9. The molecule has 0 N–H and O–H groups in total. The highest BCUT2D eigenvalue weighted by atomic mass is 32.2. The lowest BCUT2D eigenvalue weighted by molar-refractivity contribution is 0.320. The van der Waals surface area contributed by atoms with Gasteiger partial charge in [-0.25, -0.2) is 0 Å². The van der Waals surface area contributed by atoms with Crippen LogP contribution in [0.5, 0.6) is 0 Å². The van der Waals surface area contributed by atoms with Gasteiger partial charge in [-0.05, 0) is 45.7 Å². The highest BCUT2D eigenvalue weighted by Crippen LogP contribution is 2.38. The van der Waals surface area contributed by atoms with Crippen LogP contribution in [0.3, 0.4) is 0 Å². The Hall–Kier alpha value is -0.930. The van der Waals surface area contributed by atoms with Gasteiger partial charge in [0, 0.05) is 10.6 Å². The lowest BCUT2D eigenvalue weighted by Crippen LogP contribution is -2.03. The van der Waals surface area contributed by atoms with Crippen molar-refractivity contribution in [1.82, 2.24) is 0 Å². The highest BCUT2D eigenvalue weighted by Gasteiger charge is 2.46. The standard InChI is InChI=1S/C16H22O2S/c1-13(9-10-15-16(2,3)18-15)11-12-19(17)14-7-5-4-6-8-14/h4-8,11,15H,9-10,12H2,1-3H3.